The molecular formula is C20H19FN2O. The van der Waals surface area contributed by atoms with E-state index in [2.05, 4.69) is 10.9 Å². The molecular weight excluding hydrogens is 303 g/mol. The van der Waals surface area contributed by atoms with E-state index in [1.807, 2.05) is 54.6 Å². The van der Waals surface area contributed by atoms with Crippen LogP contribution in [0.15, 0.2) is 78.9 Å². The molecule has 0 saturated heterocycles. The third-order valence-electron chi connectivity index (χ3n) is 3.55. The predicted octanol–water partition coefficient (Wildman–Crippen LogP) is 4.52. The highest BCUT2D eigenvalue weighted by Crippen LogP contribution is 2.17. The monoisotopic (exact) mass is 322 g/mol. The molecule has 0 unspecified atom stereocenters. The molecule has 0 aliphatic heterocycles. The van der Waals surface area contributed by atoms with Gasteiger partial charge in [-0.1, -0.05) is 54.6 Å². The van der Waals surface area contributed by atoms with Crippen LogP contribution in [-0.2, 0) is 13.2 Å². The van der Waals surface area contributed by atoms with E-state index in [9.17, 15) is 4.39 Å². The summed E-state index contributed by atoms with van der Waals surface area (Å²) < 4.78 is 19.0. The Morgan fingerprint density at radius 1 is 0.750 bits per heavy atom. The first-order valence-corrected chi connectivity index (χ1v) is 7.80. The van der Waals surface area contributed by atoms with Crippen LogP contribution in [0.3, 0.4) is 0 Å². The molecule has 0 aromatic heterocycles. The van der Waals surface area contributed by atoms with Crippen LogP contribution in [0, 0.1) is 5.82 Å². The number of hydrazine groups is 1. The molecule has 24 heavy (non-hydrogen) atoms. The van der Waals surface area contributed by atoms with E-state index in [-0.39, 0.29) is 11.6 Å². The average Bonchev–Trinajstić information content (AvgIpc) is 2.63. The normalized spacial score (nSPS) is 10.4. The van der Waals surface area contributed by atoms with Crippen LogP contribution in [0.25, 0.3) is 0 Å². The van der Waals surface area contributed by atoms with Crippen molar-refractivity contribution in [1.29, 1.82) is 0 Å². The van der Waals surface area contributed by atoms with Crippen molar-refractivity contribution in [3.8, 4) is 5.75 Å². The number of hydrogen-bond donors (Lipinski definition) is 2. The van der Waals surface area contributed by atoms with Crippen LogP contribution in [0.2, 0.25) is 0 Å². The first-order valence-electron chi connectivity index (χ1n) is 7.80. The number of ether oxygens (including phenoxy) is 1. The maximum Gasteiger partial charge on any atom is 0.165 e. The number of benzene rings is 3. The summed E-state index contributed by atoms with van der Waals surface area (Å²) in [5.41, 5.74) is 9.48. The van der Waals surface area contributed by atoms with Crippen molar-refractivity contribution in [2.75, 3.05) is 5.43 Å². The van der Waals surface area contributed by atoms with Crippen molar-refractivity contribution in [1.82, 2.24) is 5.43 Å². The Hall–Kier alpha value is -2.85. The smallest absolute Gasteiger partial charge is 0.165 e. The minimum absolute atomic E-state index is 0.273. The number of halogens is 1. The van der Waals surface area contributed by atoms with E-state index in [4.69, 9.17) is 4.74 Å². The first kappa shape index (κ1) is 16.0. The molecule has 0 aliphatic rings. The lowest BCUT2D eigenvalue weighted by atomic mass is 10.1. The fourth-order valence-corrected chi connectivity index (χ4v) is 2.25. The Morgan fingerprint density at radius 3 is 2.17 bits per heavy atom. The third-order valence-corrected chi connectivity index (χ3v) is 3.55. The summed E-state index contributed by atoms with van der Waals surface area (Å²) in [4.78, 5) is 0. The van der Waals surface area contributed by atoms with Crippen LogP contribution in [0.5, 0.6) is 5.75 Å². The molecule has 0 fully saturated rings. The van der Waals surface area contributed by atoms with Crippen LogP contribution < -0.4 is 15.6 Å². The molecule has 3 aromatic rings. The Labute approximate surface area is 141 Å². The van der Waals surface area contributed by atoms with E-state index >= 15 is 0 Å². The first-order chi connectivity index (χ1) is 11.8. The van der Waals surface area contributed by atoms with Gasteiger partial charge in [-0.05, 0) is 35.4 Å². The molecule has 3 rings (SSSR count). The number of anilines is 1. The molecule has 0 radical (unpaired) electrons. The van der Waals surface area contributed by atoms with Gasteiger partial charge in [0.25, 0.3) is 0 Å². The van der Waals surface area contributed by atoms with Gasteiger partial charge in [0.1, 0.15) is 6.61 Å². The molecule has 0 aliphatic carbocycles. The largest absolute Gasteiger partial charge is 0.486 e. The second-order valence-electron chi connectivity index (χ2n) is 5.38. The summed E-state index contributed by atoms with van der Waals surface area (Å²) in [6.07, 6.45) is 0. The minimum atomic E-state index is -0.342. The molecule has 3 nitrogen and oxygen atoms in total. The van der Waals surface area contributed by atoms with Gasteiger partial charge in [0.05, 0.1) is 0 Å². The molecule has 0 saturated carbocycles. The van der Waals surface area contributed by atoms with Gasteiger partial charge < -0.3 is 10.2 Å². The summed E-state index contributed by atoms with van der Waals surface area (Å²) in [7, 11) is 0. The lowest BCUT2D eigenvalue weighted by Gasteiger charge is -2.10. The van der Waals surface area contributed by atoms with E-state index in [1.165, 1.54) is 6.07 Å². The Kier molecular flexibility index (Phi) is 5.43. The maximum absolute atomic E-state index is 13.5. The van der Waals surface area contributed by atoms with Crippen molar-refractivity contribution >= 4 is 5.69 Å². The van der Waals surface area contributed by atoms with Gasteiger partial charge in [-0.3, -0.25) is 0 Å². The lowest BCUT2D eigenvalue weighted by Crippen LogP contribution is -2.20. The van der Waals surface area contributed by atoms with Gasteiger partial charge >= 0.3 is 0 Å². The summed E-state index contributed by atoms with van der Waals surface area (Å²) in [5, 5.41) is 0. The molecule has 3 aromatic carbocycles. The van der Waals surface area contributed by atoms with Crippen LogP contribution in [0.4, 0.5) is 10.1 Å². The summed E-state index contributed by atoms with van der Waals surface area (Å²) >= 11 is 0. The fraction of sp³-hybridized carbons (Fsp3) is 0.100. The van der Waals surface area contributed by atoms with Crippen molar-refractivity contribution in [2.24, 2.45) is 0 Å². The van der Waals surface area contributed by atoms with E-state index in [0.29, 0.717) is 13.2 Å². The van der Waals surface area contributed by atoms with Gasteiger partial charge in [-0.25, -0.2) is 9.82 Å². The maximum atomic E-state index is 13.5. The highest BCUT2D eigenvalue weighted by molar-refractivity contribution is 5.41. The summed E-state index contributed by atoms with van der Waals surface area (Å²) in [5.74, 6) is -0.0689. The van der Waals surface area contributed by atoms with Gasteiger partial charge in [0.2, 0.25) is 0 Å². The Bertz CT molecular complexity index is 760. The second kappa shape index (κ2) is 8.13. The van der Waals surface area contributed by atoms with Crippen molar-refractivity contribution < 1.29 is 9.13 Å². The zero-order valence-corrected chi connectivity index (χ0v) is 13.2. The lowest BCUT2D eigenvalue weighted by molar-refractivity contribution is 0.290. The Morgan fingerprint density at radius 2 is 1.42 bits per heavy atom. The number of hydrogen-bond acceptors (Lipinski definition) is 3. The SMILES string of the molecule is Fc1ccccc1OCc1ccc(CNNc2ccccc2)cc1. The van der Waals surface area contributed by atoms with E-state index in [1.54, 1.807) is 18.2 Å². The minimum Gasteiger partial charge on any atom is -0.486 e. The van der Waals surface area contributed by atoms with Crippen LogP contribution >= 0.6 is 0 Å². The zero-order chi connectivity index (χ0) is 16.6. The highest BCUT2D eigenvalue weighted by atomic mass is 19.1. The quantitative estimate of drug-likeness (QED) is 0.627. The van der Waals surface area contributed by atoms with Crippen molar-refractivity contribution in [3.05, 3.63) is 95.8 Å². The van der Waals surface area contributed by atoms with Crippen molar-refractivity contribution in [2.45, 2.75) is 13.2 Å². The standard InChI is InChI=1S/C20H19FN2O/c21-19-8-4-5-9-20(19)24-15-17-12-10-16(11-13-17)14-22-23-18-6-2-1-3-7-18/h1-13,22-23H,14-15H2. The second-order valence-corrected chi connectivity index (χ2v) is 5.38. The van der Waals surface area contributed by atoms with Gasteiger partial charge in [0, 0.05) is 12.2 Å². The average molecular weight is 322 g/mol. The summed E-state index contributed by atoms with van der Waals surface area (Å²) in [6, 6.07) is 24.4. The molecule has 122 valence electrons. The fourth-order valence-electron chi connectivity index (χ4n) is 2.25. The number of rotatable bonds is 7. The Balaban J connectivity index is 1.47. The topological polar surface area (TPSA) is 33.3 Å². The third kappa shape index (κ3) is 4.57. The molecule has 0 amide bonds. The van der Waals surface area contributed by atoms with Gasteiger partial charge in [0.15, 0.2) is 11.6 Å². The van der Waals surface area contributed by atoms with Gasteiger partial charge in [-0.2, -0.15) is 0 Å². The van der Waals surface area contributed by atoms with E-state index < -0.39 is 0 Å². The van der Waals surface area contributed by atoms with Crippen LogP contribution in [-0.4, -0.2) is 0 Å². The zero-order valence-electron chi connectivity index (χ0n) is 13.2. The molecule has 2 N–H and O–H groups in total. The molecule has 0 spiro atoms. The molecule has 4 heteroatoms. The predicted molar refractivity (Wildman–Crippen MR) is 94.1 cm³/mol. The van der Waals surface area contributed by atoms with Crippen molar-refractivity contribution in [3.63, 3.8) is 0 Å². The van der Waals surface area contributed by atoms with Gasteiger partial charge in [-0.15, -0.1) is 0 Å². The molecule has 0 bridgehead atoms. The number of nitrogens with one attached hydrogen (secondary N) is 2. The van der Waals surface area contributed by atoms with E-state index in [0.717, 1.165) is 16.8 Å². The molecule has 0 heterocycles. The summed E-state index contributed by atoms with van der Waals surface area (Å²) in [6.45, 7) is 1.04. The molecule has 0 atom stereocenters. The highest BCUT2D eigenvalue weighted by Gasteiger charge is 2.02. The van der Waals surface area contributed by atoms with Crippen LogP contribution in [0.1, 0.15) is 11.1 Å². The number of para-hydroxylation sites is 2.